The molecule has 0 fully saturated rings. The van der Waals surface area contributed by atoms with E-state index in [9.17, 15) is 4.79 Å². The van der Waals surface area contributed by atoms with E-state index in [0.29, 0.717) is 16.9 Å². The molecule has 27 heavy (non-hydrogen) atoms. The summed E-state index contributed by atoms with van der Waals surface area (Å²) in [6, 6.07) is 9.26. The second-order valence-electron chi connectivity index (χ2n) is 5.88. The molecule has 0 saturated carbocycles. The molecule has 0 aliphatic heterocycles. The van der Waals surface area contributed by atoms with Crippen molar-refractivity contribution in [3.8, 4) is 0 Å². The Morgan fingerprint density at radius 2 is 2.00 bits per heavy atom. The van der Waals surface area contributed by atoms with E-state index >= 15 is 0 Å². The van der Waals surface area contributed by atoms with Crippen molar-refractivity contribution in [1.82, 2.24) is 25.1 Å². The Morgan fingerprint density at radius 3 is 2.67 bits per heavy atom. The van der Waals surface area contributed by atoms with Gasteiger partial charge in [0.25, 0.3) is 5.91 Å². The molecule has 4 rings (SSSR count). The molecule has 0 unspecified atom stereocenters. The number of hydrogen-bond donors (Lipinski definition) is 4. The quantitative estimate of drug-likeness (QED) is 0.513. The van der Waals surface area contributed by atoms with Crippen LogP contribution in [0.3, 0.4) is 0 Å². The van der Waals surface area contributed by atoms with Crippen LogP contribution < -0.4 is 16.4 Å². The van der Waals surface area contributed by atoms with E-state index in [0.717, 1.165) is 28.3 Å². The molecule has 0 atom stereocenters. The number of aromatic amines is 1. The van der Waals surface area contributed by atoms with Gasteiger partial charge in [0.15, 0.2) is 11.0 Å². The summed E-state index contributed by atoms with van der Waals surface area (Å²) in [4.78, 5) is 25.2. The van der Waals surface area contributed by atoms with Gasteiger partial charge in [0.05, 0.1) is 0 Å². The SMILES string of the molecule is Cc1cc(Nc2nc(N)nc(Sc3ccc(NC(=O)C4=CC4)cc3)n2)n[nH]1. The second-order valence-corrected chi connectivity index (χ2v) is 6.92. The number of nitrogens with zero attached hydrogens (tertiary/aromatic N) is 4. The number of allylic oxidation sites excluding steroid dienone is 1. The summed E-state index contributed by atoms with van der Waals surface area (Å²) >= 11 is 1.34. The van der Waals surface area contributed by atoms with Gasteiger partial charge < -0.3 is 16.4 Å². The predicted octanol–water partition coefficient (Wildman–Crippen LogP) is 2.65. The lowest BCUT2D eigenvalue weighted by Crippen LogP contribution is -2.09. The molecule has 0 saturated heterocycles. The van der Waals surface area contributed by atoms with Gasteiger partial charge in [-0.1, -0.05) is 6.08 Å². The maximum absolute atomic E-state index is 11.7. The second kappa shape index (κ2) is 7.08. The largest absolute Gasteiger partial charge is 0.368 e. The Balaban J connectivity index is 1.45. The van der Waals surface area contributed by atoms with E-state index < -0.39 is 0 Å². The minimum atomic E-state index is -0.0510. The number of hydrogen-bond acceptors (Lipinski definition) is 8. The summed E-state index contributed by atoms with van der Waals surface area (Å²) in [5.41, 5.74) is 8.26. The highest BCUT2D eigenvalue weighted by Gasteiger charge is 2.16. The molecular weight excluding hydrogens is 364 g/mol. The fraction of sp³-hybridized carbons (Fsp3) is 0.118. The van der Waals surface area contributed by atoms with Crippen molar-refractivity contribution in [3.05, 3.63) is 47.7 Å². The van der Waals surface area contributed by atoms with Crippen LogP contribution in [-0.4, -0.2) is 31.1 Å². The maximum Gasteiger partial charge on any atom is 0.251 e. The molecule has 3 aromatic rings. The lowest BCUT2D eigenvalue weighted by Gasteiger charge is -2.06. The zero-order valence-corrected chi connectivity index (χ0v) is 15.2. The zero-order chi connectivity index (χ0) is 18.8. The molecule has 1 aromatic carbocycles. The van der Waals surface area contributed by atoms with E-state index in [4.69, 9.17) is 5.73 Å². The molecule has 10 heteroatoms. The Kier molecular flexibility index (Phi) is 4.47. The van der Waals surface area contributed by atoms with Crippen molar-refractivity contribution in [2.24, 2.45) is 0 Å². The van der Waals surface area contributed by atoms with Gasteiger partial charge in [-0.25, -0.2) is 0 Å². The number of carbonyl (C=O) groups is 1. The van der Waals surface area contributed by atoms with Crippen LogP contribution in [0.25, 0.3) is 0 Å². The van der Waals surface area contributed by atoms with E-state index in [1.165, 1.54) is 11.8 Å². The van der Waals surface area contributed by atoms with Crippen LogP contribution in [0, 0.1) is 6.92 Å². The van der Waals surface area contributed by atoms with Crippen molar-refractivity contribution in [3.63, 3.8) is 0 Å². The van der Waals surface area contributed by atoms with Crippen molar-refractivity contribution in [1.29, 1.82) is 0 Å². The molecule has 0 bridgehead atoms. The first-order chi connectivity index (χ1) is 13.0. The first-order valence-corrected chi connectivity index (χ1v) is 8.96. The van der Waals surface area contributed by atoms with Crippen LogP contribution in [0.15, 0.2) is 52.0 Å². The number of H-pyrrole nitrogens is 1. The lowest BCUT2D eigenvalue weighted by molar-refractivity contribution is -0.112. The van der Waals surface area contributed by atoms with Gasteiger partial charge >= 0.3 is 0 Å². The molecule has 1 aliphatic rings. The van der Waals surface area contributed by atoms with E-state index in [1.807, 2.05) is 43.3 Å². The van der Waals surface area contributed by atoms with Gasteiger partial charge in [-0.3, -0.25) is 9.89 Å². The molecule has 0 spiro atoms. The van der Waals surface area contributed by atoms with Crippen LogP contribution in [-0.2, 0) is 4.79 Å². The fourth-order valence-corrected chi connectivity index (χ4v) is 2.98. The normalized spacial score (nSPS) is 12.4. The van der Waals surface area contributed by atoms with Crippen molar-refractivity contribution < 1.29 is 4.79 Å². The Bertz CT molecular complexity index is 1030. The number of aryl methyl sites for hydroxylation is 1. The number of amides is 1. The smallest absolute Gasteiger partial charge is 0.251 e. The summed E-state index contributed by atoms with van der Waals surface area (Å²) in [6.07, 6.45) is 2.66. The number of benzene rings is 1. The number of anilines is 4. The van der Waals surface area contributed by atoms with Crippen molar-refractivity contribution in [2.75, 3.05) is 16.4 Å². The standard InChI is InChI=1S/C17H16N8OS/c1-9-8-13(25-24-9)20-16-21-15(18)22-17(23-16)27-12-6-4-11(5-7-12)19-14(26)10-2-3-10/h2,4-8H,3H2,1H3,(H,19,26)(H4,18,20,21,22,23,24,25). The monoisotopic (exact) mass is 380 g/mol. The minimum absolute atomic E-state index is 0.0510. The van der Waals surface area contributed by atoms with Crippen LogP contribution in [0.1, 0.15) is 12.1 Å². The van der Waals surface area contributed by atoms with E-state index in [-0.39, 0.29) is 11.9 Å². The maximum atomic E-state index is 11.7. The van der Waals surface area contributed by atoms with E-state index in [1.54, 1.807) is 0 Å². The summed E-state index contributed by atoms with van der Waals surface area (Å²) in [5, 5.41) is 13.2. The van der Waals surface area contributed by atoms with Crippen LogP contribution in [0.5, 0.6) is 0 Å². The Morgan fingerprint density at radius 1 is 1.22 bits per heavy atom. The number of nitrogens with two attached hydrogens (primary N) is 1. The van der Waals surface area contributed by atoms with Crippen molar-refractivity contribution in [2.45, 2.75) is 23.4 Å². The van der Waals surface area contributed by atoms with Crippen LogP contribution in [0.2, 0.25) is 0 Å². The summed E-state index contributed by atoms with van der Waals surface area (Å²) in [7, 11) is 0. The summed E-state index contributed by atoms with van der Waals surface area (Å²) in [6.45, 7) is 1.90. The van der Waals surface area contributed by atoms with Gasteiger partial charge in [0, 0.05) is 27.9 Å². The first kappa shape index (κ1) is 17.0. The third-order valence-electron chi connectivity index (χ3n) is 3.60. The fourth-order valence-electron chi connectivity index (χ4n) is 2.23. The highest BCUT2D eigenvalue weighted by atomic mass is 32.2. The highest BCUT2D eigenvalue weighted by Crippen LogP contribution is 2.28. The minimum Gasteiger partial charge on any atom is -0.368 e. The molecule has 2 aromatic heterocycles. The molecule has 9 nitrogen and oxygen atoms in total. The lowest BCUT2D eigenvalue weighted by atomic mass is 10.3. The van der Waals surface area contributed by atoms with E-state index in [2.05, 4.69) is 35.8 Å². The van der Waals surface area contributed by atoms with Crippen LogP contribution in [0.4, 0.5) is 23.4 Å². The third-order valence-corrected chi connectivity index (χ3v) is 4.47. The van der Waals surface area contributed by atoms with Gasteiger partial charge in [-0.05, 0) is 49.4 Å². The number of nitrogen functional groups attached to an aromatic ring is 1. The molecule has 1 aliphatic carbocycles. The third kappa shape index (κ3) is 4.42. The first-order valence-electron chi connectivity index (χ1n) is 8.14. The number of carbonyl (C=O) groups excluding carboxylic acids is 1. The average Bonchev–Trinajstić information content (AvgIpc) is 3.40. The molecule has 136 valence electrons. The van der Waals surface area contributed by atoms with Gasteiger partial charge in [-0.15, -0.1) is 0 Å². The topological polar surface area (TPSA) is 134 Å². The van der Waals surface area contributed by atoms with Crippen molar-refractivity contribution >= 4 is 41.1 Å². The molecule has 0 radical (unpaired) electrons. The number of aromatic nitrogens is 5. The molecule has 2 heterocycles. The highest BCUT2D eigenvalue weighted by molar-refractivity contribution is 7.99. The number of nitrogens with one attached hydrogen (secondary N) is 3. The zero-order valence-electron chi connectivity index (χ0n) is 14.4. The number of rotatable bonds is 6. The predicted molar refractivity (Wildman–Crippen MR) is 103 cm³/mol. The van der Waals surface area contributed by atoms with Crippen LogP contribution >= 0.6 is 11.8 Å². The van der Waals surface area contributed by atoms with Gasteiger partial charge in [-0.2, -0.15) is 20.1 Å². The van der Waals surface area contributed by atoms with Gasteiger partial charge in [0.1, 0.15) is 0 Å². The molecular formula is C17H16N8OS. The molecule has 1 amide bonds. The average molecular weight is 380 g/mol. The molecule has 5 N–H and O–H groups in total. The Hall–Kier alpha value is -3.40. The Labute approximate surface area is 158 Å². The summed E-state index contributed by atoms with van der Waals surface area (Å²) < 4.78 is 0. The summed E-state index contributed by atoms with van der Waals surface area (Å²) in [5.74, 6) is 0.979. The van der Waals surface area contributed by atoms with Gasteiger partial charge in [0.2, 0.25) is 11.9 Å².